The van der Waals surface area contributed by atoms with Crippen molar-refractivity contribution in [1.29, 1.82) is 5.26 Å². The summed E-state index contributed by atoms with van der Waals surface area (Å²) in [6.45, 7) is 4.60. The third-order valence-electron chi connectivity index (χ3n) is 5.31. The molecule has 0 unspecified atom stereocenters. The first-order chi connectivity index (χ1) is 13.7. The molecule has 4 rings (SSSR count). The van der Waals surface area contributed by atoms with E-state index in [1.54, 1.807) is 42.6 Å². The van der Waals surface area contributed by atoms with Crippen molar-refractivity contribution in [3.8, 4) is 6.07 Å². The van der Waals surface area contributed by atoms with Crippen molar-refractivity contribution < 1.29 is 9.59 Å². The van der Waals surface area contributed by atoms with Gasteiger partial charge in [-0.1, -0.05) is 12.1 Å². The Balaban J connectivity index is 1.27. The van der Waals surface area contributed by atoms with Crippen molar-refractivity contribution in [1.82, 2.24) is 14.8 Å². The summed E-state index contributed by atoms with van der Waals surface area (Å²) >= 11 is 0. The summed E-state index contributed by atoms with van der Waals surface area (Å²) < 4.78 is 0. The van der Waals surface area contributed by atoms with Crippen LogP contribution in [0.4, 0.5) is 5.82 Å². The molecule has 0 atom stereocenters. The highest BCUT2D eigenvalue weighted by Crippen LogP contribution is 2.23. The van der Waals surface area contributed by atoms with E-state index < -0.39 is 0 Å². The summed E-state index contributed by atoms with van der Waals surface area (Å²) in [6, 6.07) is 12.8. The second kappa shape index (κ2) is 7.79. The summed E-state index contributed by atoms with van der Waals surface area (Å²) in [4.78, 5) is 35.0. The predicted octanol–water partition coefficient (Wildman–Crippen LogP) is 1.76. The molecular weight excluding hydrogens is 354 g/mol. The van der Waals surface area contributed by atoms with Crippen LogP contribution in [-0.2, 0) is 0 Å². The van der Waals surface area contributed by atoms with Crippen LogP contribution < -0.4 is 4.90 Å². The molecule has 2 aliphatic heterocycles. The fraction of sp³-hybridized carbons (Fsp3) is 0.333. The lowest BCUT2D eigenvalue weighted by Gasteiger charge is -2.35. The summed E-state index contributed by atoms with van der Waals surface area (Å²) in [5.41, 5.74) is 1.61. The Labute approximate surface area is 163 Å². The van der Waals surface area contributed by atoms with Crippen LogP contribution in [0.3, 0.4) is 0 Å². The number of aromatic nitrogens is 1. The highest BCUT2D eigenvalue weighted by molar-refractivity contribution is 6.21. The summed E-state index contributed by atoms with van der Waals surface area (Å²) in [7, 11) is 0. The molecule has 3 heterocycles. The van der Waals surface area contributed by atoms with Gasteiger partial charge < -0.3 is 4.90 Å². The maximum absolute atomic E-state index is 12.4. The summed E-state index contributed by atoms with van der Waals surface area (Å²) in [5.74, 6) is 0.366. The molecule has 1 fully saturated rings. The van der Waals surface area contributed by atoms with Gasteiger partial charge in [-0.2, -0.15) is 5.26 Å². The number of pyridine rings is 1. The molecule has 142 valence electrons. The number of fused-ring (bicyclic) bond motifs is 1. The first kappa shape index (κ1) is 18.1. The number of anilines is 1. The number of benzene rings is 1. The van der Waals surface area contributed by atoms with Crippen LogP contribution in [0.5, 0.6) is 0 Å². The third kappa shape index (κ3) is 3.35. The lowest BCUT2D eigenvalue weighted by atomic mass is 10.1. The van der Waals surface area contributed by atoms with Gasteiger partial charge >= 0.3 is 0 Å². The predicted molar refractivity (Wildman–Crippen MR) is 104 cm³/mol. The maximum atomic E-state index is 12.4. The summed E-state index contributed by atoms with van der Waals surface area (Å²) in [6.07, 6.45) is 2.46. The van der Waals surface area contributed by atoms with Gasteiger partial charge in [0.1, 0.15) is 11.9 Å². The van der Waals surface area contributed by atoms with Crippen LogP contribution in [0.25, 0.3) is 0 Å². The molecule has 7 nitrogen and oxygen atoms in total. The Morgan fingerprint density at radius 1 is 0.929 bits per heavy atom. The van der Waals surface area contributed by atoms with Gasteiger partial charge in [0.2, 0.25) is 0 Å². The normalized spacial score (nSPS) is 17.0. The minimum absolute atomic E-state index is 0.190. The van der Waals surface area contributed by atoms with Crippen molar-refractivity contribution in [2.45, 2.75) is 6.42 Å². The van der Waals surface area contributed by atoms with E-state index in [4.69, 9.17) is 0 Å². The number of nitriles is 1. The van der Waals surface area contributed by atoms with Gasteiger partial charge in [-0.3, -0.25) is 19.4 Å². The van der Waals surface area contributed by atoms with Gasteiger partial charge in [0.15, 0.2) is 0 Å². The van der Waals surface area contributed by atoms with Crippen LogP contribution in [0.15, 0.2) is 42.6 Å². The fourth-order valence-electron chi connectivity index (χ4n) is 3.81. The Bertz CT molecular complexity index is 909. The second-order valence-corrected chi connectivity index (χ2v) is 6.98. The lowest BCUT2D eigenvalue weighted by molar-refractivity contribution is 0.0647. The zero-order valence-electron chi connectivity index (χ0n) is 15.5. The molecule has 2 aromatic rings. The molecule has 0 aliphatic carbocycles. The number of piperazine rings is 1. The Morgan fingerprint density at radius 3 is 2.25 bits per heavy atom. The van der Waals surface area contributed by atoms with E-state index in [-0.39, 0.29) is 11.8 Å². The molecule has 0 saturated carbocycles. The van der Waals surface area contributed by atoms with Crippen LogP contribution >= 0.6 is 0 Å². The van der Waals surface area contributed by atoms with Crippen LogP contribution in [-0.4, -0.2) is 65.9 Å². The fourth-order valence-corrected chi connectivity index (χ4v) is 3.81. The molecule has 0 radical (unpaired) electrons. The topological polar surface area (TPSA) is 80.5 Å². The van der Waals surface area contributed by atoms with Crippen molar-refractivity contribution in [2.75, 3.05) is 44.2 Å². The molecule has 0 bridgehead atoms. The molecule has 7 heteroatoms. The van der Waals surface area contributed by atoms with Crippen LogP contribution in [0.2, 0.25) is 0 Å². The van der Waals surface area contributed by atoms with E-state index in [0.29, 0.717) is 23.2 Å². The van der Waals surface area contributed by atoms with Gasteiger partial charge in [0, 0.05) is 38.9 Å². The second-order valence-electron chi connectivity index (χ2n) is 6.98. The third-order valence-corrected chi connectivity index (χ3v) is 5.31. The Hall–Kier alpha value is -3.24. The minimum atomic E-state index is -0.190. The highest BCUT2D eigenvalue weighted by Gasteiger charge is 2.34. The molecule has 0 N–H and O–H groups in total. The smallest absolute Gasteiger partial charge is 0.261 e. The van der Waals surface area contributed by atoms with Gasteiger partial charge in [0.25, 0.3) is 11.8 Å². The first-order valence-electron chi connectivity index (χ1n) is 9.46. The lowest BCUT2D eigenvalue weighted by Crippen LogP contribution is -2.47. The van der Waals surface area contributed by atoms with Crippen LogP contribution in [0.1, 0.15) is 32.7 Å². The number of rotatable bonds is 5. The molecule has 2 amide bonds. The highest BCUT2D eigenvalue weighted by atomic mass is 16.2. The maximum Gasteiger partial charge on any atom is 0.261 e. The zero-order valence-corrected chi connectivity index (χ0v) is 15.5. The van der Waals surface area contributed by atoms with E-state index >= 15 is 0 Å². The molecule has 0 spiro atoms. The molecule has 2 aliphatic rings. The van der Waals surface area contributed by atoms with Crippen molar-refractivity contribution in [3.63, 3.8) is 0 Å². The molecule has 1 saturated heterocycles. The number of carbonyl (C=O) groups excluding carboxylic acids is 2. The number of nitrogens with zero attached hydrogens (tertiary/aromatic N) is 5. The van der Waals surface area contributed by atoms with Crippen molar-refractivity contribution in [2.24, 2.45) is 0 Å². The van der Waals surface area contributed by atoms with E-state index in [1.165, 1.54) is 4.90 Å². The number of carbonyl (C=O) groups is 2. The van der Waals surface area contributed by atoms with Gasteiger partial charge in [-0.25, -0.2) is 4.98 Å². The Morgan fingerprint density at radius 2 is 1.61 bits per heavy atom. The number of imide groups is 1. The van der Waals surface area contributed by atoms with Crippen LogP contribution in [0, 0.1) is 11.3 Å². The molecular formula is C21H21N5O2. The largest absolute Gasteiger partial charge is 0.353 e. The molecule has 1 aromatic heterocycles. The molecule has 28 heavy (non-hydrogen) atoms. The zero-order chi connectivity index (χ0) is 19.5. The van der Waals surface area contributed by atoms with Gasteiger partial charge in [-0.15, -0.1) is 0 Å². The van der Waals surface area contributed by atoms with Crippen molar-refractivity contribution >= 4 is 17.6 Å². The van der Waals surface area contributed by atoms with E-state index in [1.807, 2.05) is 0 Å². The van der Waals surface area contributed by atoms with Gasteiger partial charge in [0.05, 0.1) is 16.7 Å². The average Bonchev–Trinajstić information content (AvgIpc) is 2.99. The number of hydrogen-bond acceptors (Lipinski definition) is 6. The van der Waals surface area contributed by atoms with E-state index in [2.05, 4.69) is 20.9 Å². The number of hydrogen-bond donors (Lipinski definition) is 0. The minimum Gasteiger partial charge on any atom is -0.353 e. The standard InChI is InChI=1S/C21H21N5O2/c22-15-16-5-3-8-23-19(16)25-13-11-24(12-14-25)9-4-10-26-20(27)17-6-1-2-7-18(17)21(26)28/h1-3,5-8H,4,9-14H2. The monoisotopic (exact) mass is 375 g/mol. The van der Waals surface area contributed by atoms with E-state index in [0.717, 1.165) is 45.0 Å². The number of amides is 2. The summed E-state index contributed by atoms with van der Waals surface area (Å²) in [5, 5.41) is 9.24. The quantitative estimate of drug-likeness (QED) is 0.741. The first-order valence-corrected chi connectivity index (χ1v) is 9.46. The SMILES string of the molecule is N#Cc1cccnc1N1CCN(CCCN2C(=O)c3ccccc3C2=O)CC1. The van der Waals surface area contributed by atoms with Crippen molar-refractivity contribution in [3.05, 3.63) is 59.3 Å². The Kier molecular flexibility index (Phi) is 5.04. The van der Waals surface area contributed by atoms with Gasteiger partial charge in [-0.05, 0) is 37.2 Å². The average molecular weight is 375 g/mol. The van der Waals surface area contributed by atoms with E-state index in [9.17, 15) is 14.9 Å². The molecule has 1 aromatic carbocycles.